The number of nitrogens with zero attached hydrogens (tertiary/aromatic N) is 2. The van der Waals surface area contributed by atoms with Gasteiger partial charge in [0.2, 0.25) is 0 Å². The van der Waals surface area contributed by atoms with Gasteiger partial charge in [0, 0.05) is 16.7 Å². The van der Waals surface area contributed by atoms with Crippen LogP contribution in [0.4, 0.5) is 9.59 Å². The van der Waals surface area contributed by atoms with Gasteiger partial charge in [-0.1, -0.05) is 53.6 Å². The minimum absolute atomic E-state index is 0. The second-order valence-corrected chi connectivity index (χ2v) is 11.6. The van der Waals surface area contributed by atoms with Crippen LogP contribution >= 0.6 is 11.6 Å². The second-order valence-electron chi connectivity index (χ2n) is 11.2. The minimum Gasteiger partial charge on any atom is -0.491 e. The fourth-order valence-electron chi connectivity index (χ4n) is 3.91. The van der Waals surface area contributed by atoms with Crippen LogP contribution in [0, 0.1) is 0 Å². The number of hydrogen-bond acceptors (Lipinski definition) is 10. The van der Waals surface area contributed by atoms with Crippen molar-refractivity contribution < 1.29 is 39.0 Å². The van der Waals surface area contributed by atoms with Crippen molar-refractivity contribution in [2.24, 2.45) is 10.3 Å². The monoisotopic (exact) mass is 606 g/mol. The average Bonchev–Trinajstić information content (AvgIpc) is 3.45. The third-order valence-corrected chi connectivity index (χ3v) is 5.82. The van der Waals surface area contributed by atoms with Crippen molar-refractivity contribution in [2.45, 2.75) is 72.3 Å². The third-order valence-electron chi connectivity index (χ3n) is 5.53. The number of nitrogens with one attached hydrogen (secondary N) is 2. The fraction of sp³-hybridized carbons (Fsp3) is 0.448. The summed E-state index contributed by atoms with van der Waals surface area (Å²) in [7, 11) is 0. The number of fused-ring (bicyclic) bond motifs is 2. The molecule has 0 aliphatic carbocycles. The summed E-state index contributed by atoms with van der Waals surface area (Å²) in [5.41, 5.74) is 1.88. The average molecular weight is 607 g/mol. The quantitative estimate of drug-likeness (QED) is 0.184. The first-order valence-corrected chi connectivity index (χ1v) is 13.1. The lowest BCUT2D eigenvalue weighted by Gasteiger charge is -2.21. The summed E-state index contributed by atoms with van der Waals surface area (Å²) in [6, 6.07) is 9.99. The Morgan fingerprint density at radius 2 is 1.36 bits per heavy atom. The van der Waals surface area contributed by atoms with Gasteiger partial charge in [-0.3, -0.25) is 0 Å². The summed E-state index contributed by atoms with van der Waals surface area (Å²) in [6.07, 6.45) is 0.348. The molecule has 0 fully saturated rings. The van der Waals surface area contributed by atoms with E-state index in [-0.39, 0.29) is 24.7 Å². The Morgan fingerprint density at radius 1 is 0.881 bits per heavy atom. The summed E-state index contributed by atoms with van der Waals surface area (Å²) < 4.78 is 21.5. The van der Waals surface area contributed by atoms with Gasteiger partial charge in [-0.15, -0.1) is 0 Å². The van der Waals surface area contributed by atoms with E-state index in [2.05, 4.69) is 20.9 Å². The first-order chi connectivity index (χ1) is 19.2. The molecular weight excluding hydrogens is 568 g/mol. The minimum atomic E-state index is -0.554. The summed E-state index contributed by atoms with van der Waals surface area (Å²) in [5.74, 6) is 1.26. The molecule has 0 unspecified atom stereocenters. The number of hydrogen-bond donors (Lipinski definition) is 4. The van der Waals surface area contributed by atoms with Crippen molar-refractivity contribution in [3.05, 3.63) is 58.7 Å². The summed E-state index contributed by atoms with van der Waals surface area (Å²) >= 11 is 5.74. The van der Waals surface area contributed by atoms with E-state index in [1.165, 1.54) is 6.21 Å². The van der Waals surface area contributed by atoms with E-state index >= 15 is 0 Å². The smallest absolute Gasteiger partial charge is 0.408 e. The maximum atomic E-state index is 11.8. The van der Waals surface area contributed by atoms with Gasteiger partial charge in [-0.25, -0.2) is 9.59 Å². The number of halogens is 1. The number of ether oxygens (including phenoxy) is 4. The molecule has 0 saturated carbocycles. The highest BCUT2D eigenvalue weighted by atomic mass is 35.5. The molecule has 0 saturated heterocycles. The van der Waals surface area contributed by atoms with Crippen LogP contribution in [0.1, 0.15) is 83.3 Å². The van der Waals surface area contributed by atoms with E-state index < -0.39 is 23.4 Å². The number of rotatable bonds is 4. The van der Waals surface area contributed by atoms with Crippen LogP contribution in [0.2, 0.25) is 0 Å². The number of benzene rings is 2. The summed E-state index contributed by atoms with van der Waals surface area (Å²) in [6.45, 7) is 11.5. The van der Waals surface area contributed by atoms with Crippen LogP contribution in [0.15, 0.2) is 46.7 Å². The molecule has 2 heterocycles. The molecule has 0 bridgehead atoms. The number of amides is 2. The maximum Gasteiger partial charge on any atom is 0.408 e. The normalized spacial score (nSPS) is 17.4. The standard InChI is InChI=1S/C14H17ClN2O4.C14H18N2O4.CH4/c1-14(2,3)21-13(18)16-10-7-20-11-6-8(12(15)17-19)4-5-9(10)11;1-14(2,3)20-13(17)16-11-8-19-12-6-9(7-15-18)4-5-10(11)12;/h4-6,10,19H,7H2,1-3H3,(H,16,18);4-7,11,18H,8H2,1-3H3,(H,16,17);1H4/b17-12-;15-7+;/t10-;11-;/m11./s1. The Balaban J connectivity index is 0.000000287. The van der Waals surface area contributed by atoms with E-state index in [1.807, 2.05) is 26.8 Å². The van der Waals surface area contributed by atoms with Crippen molar-refractivity contribution in [1.82, 2.24) is 10.6 Å². The van der Waals surface area contributed by atoms with E-state index in [0.29, 0.717) is 30.3 Å². The predicted octanol–water partition coefficient (Wildman–Crippen LogP) is 6.11. The molecule has 0 spiro atoms. The lowest BCUT2D eigenvalue weighted by molar-refractivity contribution is 0.0485. The molecule has 230 valence electrons. The summed E-state index contributed by atoms with van der Waals surface area (Å²) in [5, 5.41) is 28.6. The zero-order valence-corrected chi connectivity index (χ0v) is 24.5. The van der Waals surface area contributed by atoms with E-state index in [9.17, 15) is 9.59 Å². The molecule has 2 aliphatic heterocycles. The van der Waals surface area contributed by atoms with Gasteiger partial charge >= 0.3 is 12.2 Å². The van der Waals surface area contributed by atoms with Crippen LogP contribution in [-0.2, 0) is 9.47 Å². The Labute approximate surface area is 250 Å². The highest BCUT2D eigenvalue weighted by Gasteiger charge is 2.29. The van der Waals surface area contributed by atoms with Crippen molar-refractivity contribution in [2.75, 3.05) is 13.2 Å². The van der Waals surface area contributed by atoms with Gasteiger partial charge < -0.3 is 40.0 Å². The fourth-order valence-corrected chi connectivity index (χ4v) is 4.03. The number of carbonyl (C=O) groups is 2. The summed E-state index contributed by atoms with van der Waals surface area (Å²) in [4.78, 5) is 23.5. The molecule has 0 radical (unpaired) electrons. The van der Waals surface area contributed by atoms with Crippen molar-refractivity contribution in [3.63, 3.8) is 0 Å². The third kappa shape index (κ3) is 9.72. The highest BCUT2D eigenvalue weighted by molar-refractivity contribution is 6.69. The van der Waals surface area contributed by atoms with Crippen LogP contribution in [0.3, 0.4) is 0 Å². The maximum absolute atomic E-state index is 11.8. The molecule has 2 atom stereocenters. The molecular formula is C29H39ClN4O8. The van der Waals surface area contributed by atoms with Gasteiger partial charge in [0.1, 0.15) is 35.9 Å². The zero-order chi connectivity index (χ0) is 30.4. The SMILES string of the molecule is C.CC(C)(C)OC(=O)N[C@@H]1COc2cc(/C(Cl)=N/O)ccc21.CC(C)(C)OC(=O)N[C@@H]1COc2cc(/C=N/O)ccc21. The molecule has 2 aromatic carbocycles. The first-order valence-electron chi connectivity index (χ1n) is 12.8. The molecule has 4 N–H and O–H groups in total. The first kappa shape index (κ1) is 34.0. The molecule has 4 rings (SSSR count). The Bertz CT molecular complexity index is 1320. The highest BCUT2D eigenvalue weighted by Crippen LogP contribution is 2.34. The zero-order valence-electron chi connectivity index (χ0n) is 23.7. The molecule has 13 heteroatoms. The van der Waals surface area contributed by atoms with Gasteiger partial charge in [0.25, 0.3) is 0 Å². The van der Waals surface area contributed by atoms with Crippen LogP contribution in [0.5, 0.6) is 11.5 Å². The van der Waals surface area contributed by atoms with Gasteiger partial charge in [-0.05, 0) is 59.2 Å². The molecule has 2 aliphatic rings. The lowest BCUT2D eigenvalue weighted by atomic mass is 10.1. The van der Waals surface area contributed by atoms with E-state index in [4.69, 9.17) is 41.0 Å². The second kappa shape index (κ2) is 14.1. The van der Waals surface area contributed by atoms with Gasteiger partial charge in [0.15, 0.2) is 5.17 Å². The van der Waals surface area contributed by atoms with Crippen molar-refractivity contribution >= 4 is 35.2 Å². The Morgan fingerprint density at radius 3 is 1.81 bits per heavy atom. The lowest BCUT2D eigenvalue weighted by Crippen LogP contribution is -2.35. The number of carbonyl (C=O) groups excluding carboxylic acids is 2. The molecule has 42 heavy (non-hydrogen) atoms. The van der Waals surface area contributed by atoms with Gasteiger partial charge in [-0.2, -0.15) is 0 Å². The Kier molecular flexibility index (Phi) is 11.4. The molecule has 2 amide bonds. The largest absolute Gasteiger partial charge is 0.491 e. The number of oxime groups is 2. The van der Waals surface area contributed by atoms with Crippen LogP contribution in [-0.4, -0.2) is 58.4 Å². The Hall–Kier alpha value is -4.19. The van der Waals surface area contributed by atoms with E-state index in [0.717, 1.165) is 16.7 Å². The molecule has 12 nitrogen and oxygen atoms in total. The van der Waals surface area contributed by atoms with Crippen molar-refractivity contribution in [3.8, 4) is 11.5 Å². The van der Waals surface area contributed by atoms with Crippen LogP contribution < -0.4 is 20.1 Å². The van der Waals surface area contributed by atoms with Gasteiger partial charge in [0.05, 0.1) is 18.3 Å². The van der Waals surface area contributed by atoms with E-state index in [1.54, 1.807) is 51.1 Å². The van der Waals surface area contributed by atoms with Crippen molar-refractivity contribution in [1.29, 1.82) is 0 Å². The molecule has 2 aromatic rings. The number of alkyl carbamates (subject to hydrolysis) is 2. The van der Waals surface area contributed by atoms with Crippen LogP contribution in [0.25, 0.3) is 0 Å². The topological polar surface area (TPSA) is 160 Å². The molecule has 0 aromatic heterocycles. The predicted molar refractivity (Wildman–Crippen MR) is 158 cm³/mol.